The second kappa shape index (κ2) is 9.43. The zero-order valence-corrected chi connectivity index (χ0v) is 18.6. The fourth-order valence-corrected chi connectivity index (χ4v) is 4.59. The summed E-state index contributed by atoms with van der Waals surface area (Å²) in [5, 5.41) is 10.3. The minimum absolute atomic E-state index is 0.0553. The van der Waals surface area contributed by atoms with Gasteiger partial charge in [-0.05, 0) is 35.4 Å². The van der Waals surface area contributed by atoms with Gasteiger partial charge >= 0.3 is 5.97 Å². The summed E-state index contributed by atoms with van der Waals surface area (Å²) in [6.45, 7) is 0.777. The van der Waals surface area contributed by atoms with E-state index in [-0.39, 0.29) is 31.7 Å². The van der Waals surface area contributed by atoms with Crippen molar-refractivity contribution in [3.8, 4) is 29.6 Å². The second-order valence-corrected chi connectivity index (χ2v) is 8.18. The van der Waals surface area contributed by atoms with Crippen molar-refractivity contribution in [3.05, 3.63) is 53.6 Å². The maximum absolute atomic E-state index is 12.8. The summed E-state index contributed by atoms with van der Waals surface area (Å²) in [4.78, 5) is 28.8. The smallest absolute Gasteiger partial charge is 0.309 e. The first-order valence-corrected chi connectivity index (χ1v) is 10.6. The predicted octanol–water partition coefficient (Wildman–Crippen LogP) is 2.36. The highest BCUT2D eigenvalue weighted by Gasteiger charge is 2.48. The summed E-state index contributed by atoms with van der Waals surface area (Å²) in [5.41, 5.74) is 1.64. The number of carboxylic acids is 1. The lowest BCUT2D eigenvalue weighted by molar-refractivity contribution is -0.143. The van der Waals surface area contributed by atoms with Crippen LogP contribution in [0.3, 0.4) is 0 Å². The number of terminal acetylenes is 1. The minimum Gasteiger partial charge on any atom is -0.497 e. The van der Waals surface area contributed by atoms with Crippen LogP contribution in [-0.4, -0.2) is 67.4 Å². The Balaban J connectivity index is 1.71. The van der Waals surface area contributed by atoms with Crippen LogP contribution in [0.4, 0.5) is 0 Å². The fraction of sp³-hybridized carbons (Fsp3) is 0.360. The normalized spacial score (nSPS) is 21.4. The molecule has 8 heteroatoms. The maximum atomic E-state index is 12.8. The van der Waals surface area contributed by atoms with E-state index >= 15 is 0 Å². The number of aliphatic carboxylic acids is 1. The van der Waals surface area contributed by atoms with E-state index in [1.807, 2.05) is 29.2 Å². The molecule has 2 aliphatic heterocycles. The molecule has 1 fully saturated rings. The van der Waals surface area contributed by atoms with Gasteiger partial charge in [-0.25, -0.2) is 0 Å². The van der Waals surface area contributed by atoms with E-state index in [0.29, 0.717) is 23.8 Å². The molecule has 0 aromatic heterocycles. The van der Waals surface area contributed by atoms with Gasteiger partial charge in [-0.1, -0.05) is 24.1 Å². The van der Waals surface area contributed by atoms with Crippen molar-refractivity contribution < 1.29 is 28.9 Å². The summed E-state index contributed by atoms with van der Waals surface area (Å²) in [6, 6.07) is 12.3. The number of nitrogens with zero attached hydrogens (tertiary/aromatic N) is 2. The largest absolute Gasteiger partial charge is 0.497 e. The summed E-state index contributed by atoms with van der Waals surface area (Å²) >= 11 is 0. The average molecular weight is 450 g/mol. The Morgan fingerprint density at radius 3 is 2.55 bits per heavy atom. The molecule has 2 aromatic carbocycles. The zero-order chi connectivity index (χ0) is 23.5. The molecule has 2 aliphatic rings. The number of hydrogen-bond donors (Lipinski definition) is 1. The molecule has 3 atom stereocenters. The Kier molecular flexibility index (Phi) is 6.43. The summed E-state index contributed by atoms with van der Waals surface area (Å²) in [5.74, 6) is 2.16. The number of rotatable bonds is 7. The van der Waals surface area contributed by atoms with Crippen LogP contribution in [0.1, 0.15) is 23.1 Å². The van der Waals surface area contributed by atoms with Crippen LogP contribution >= 0.6 is 0 Å². The lowest BCUT2D eigenvalue weighted by Gasteiger charge is -2.28. The number of likely N-dealkylation sites (tertiary alicyclic amines) is 1. The number of benzene rings is 2. The first-order chi connectivity index (χ1) is 15.9. The van der Waals surface area contributed by atoms with Gasteiger partial charge in [-0.2, -0.15) is 0 Å². The molecule has 2 heterocycles. The standard InChI is InChI=1S/C25H26N2O6/c1-4-11-26(2)22(28)14-27-13-19(17-7-10-20-21(12-17)33-15-32-20)23(25(29)30)24(27)16-5-8-18(31-3)9-6-16/h1,5-10,12,19,23-24H,11,13-15H2,2-3H3,(H,29,30). The highest BCUT2D eigenvalue weighted by Crippen LogP contribution is 2.47. The Morgan fingerprint density at radius 2 is 1.88 bits per heavy atom. The van der Waals surface area contributed by atoms with Crippen LogP contribution in [0.5, 0.6) is 17.2 Å². The van der Waals surface area contributed by atoms with Crippen molar-refractivity contribution in [2.75, 3.05) is 40.6 Å². The summed E-state index contributed by atoms with van der Waals surface area (Å²) in [6.07, 6.45) is 5.36. The van der Waals surface area contributed by atoms with E-state index in [1.165, 1.54) is 4.90 Å². The SMILES string of the molecule is C#CCN(C)C(=O)CN1CC(c2ccc3c(c2)OCO3)C(C(=O)O)C1c1ccc(OC)cc1. The molecule has 1 N–H and O–H groups in total. The maximum Gasteiger partial charge on any atom is 0.309 e. The van der Waals surface area contributed by atoms with E-state index in [1.54, 1.807) is 32.4 Å². The third kappa shape index (κ3) is 4.45. The van der Waals surface area contributed by atoms with Gasteiger partial charge in [-0.15, -0.1) is 6.42 Å². The second-order valence-electron chi connectivity index (χ2n) is 8.18. The minimum atomic E-state index is -0.926. The molecule has 8 nitrogen and oxygen atoms in total. The Hall–Kier alpha value is -3.70. The first kappa shape index (κ1) is 22.5. The summed E-state index contributed by atoms with van der Waals surface area (Å²) < 4.78 is 16.2. The van der Waals surface area contributed by atoms with Gasteiger partial charge in [0.15, 0.2) is 11.5 Å². The number of methoxy groups -OCH3 is 1. The third-order valence-corrected chi connectivity index (χ3v) is 6.26. The quantitative estimate of drug-likeness (QED) is 0.648. The number of carbonyl (C=O) groups excluding carboxylic acids is 1. The van der Waals surface area contributed by atoms with Crippen LogP contribution in [-0.2, 0) is 9.59 Å². The predicted molar refractivity (Wildman–Crippen MR) is 120 cm³/mol. The molecule has 1 amide bonds. The molecular formula is C25H26N2O6. The van der Waals surface area contributed by atoms with Crippen molar-refractivity contribution in [2.45, 2.75) is 12.0 Å². The molecule has 0 aliphatic carbocycles. The first-order valence-electron chi connectivity index (χ1n) is 10.6. The average Bonchev–Trinajstić information content (AvgIpc) is 3.43. The molecular weight excluding hydrogens is 424 g/mol. The van der Waals surface area contributed by atoms with E-state index in [2.05, 4.69) is 5.92 Å². The molecule has 172 valence electrons. The van der Waals surface area contributed by atoms with Crippen molar-refractivity contribution >= 4 is 11.9 Å². The fourth-order valence-electron chi connectivity index (χ4n) is 4.59. The van der Waals surface area contributed by atoms with Crippen molar-refractivity contribution in [1.82, 2.24) is 9.80 Å². The van der Waals surface area contributed by atoms with E-state index < -0.39 is 17.9 Å². The molecule has 33 heavy (non-hydrogen) atoms. The van der Waals surface area contributed by atoms with Gasteiger partial charge < -0.3 is 24.2 Å². The van der Waals surface area contributed by atoms with Crippen LogP contribution in [0.2, 0.25) is 0 Å². The molecule has 2 aromatic rings. The number of fused-ring (bicyclic) bond motifs is 1. The number of likely N-dealkylation sites (N-methyl/N-ethyl adjacent to an activating group) is 1. The van der Waals surface area contributed by atoms with Crippen molar-refractivity contribution in [3.63, 3.8) is 0 Å². The van der Waals surface area contributed by atoms with Crippen LogP contribution in [0.25, 0.3) is 0 Å². The molecule has 4 rings (SSSR count). The van der Waals surface area contributed by atoms with Gasteiger partial charge in [0.1, 0.15) is 5.75 Å². The number of carbonyl (C=O) groups is 2. The number of carboxylic acid groups (broad SMARTS) is 1. The lowest BCUT2D eigenvalue weighted by atomic mass is 9.82. The molecule has 3 unspecified atom stereocenters. The zero-order valence-electron chi connectivity index (χ0n) is 18.6. The number of ether oxygens (including phenoxy) is 3. The highest BCUT2D eigenvalue weighted by molar-refractivity contribution is 5.79. The van der Waals surface area contributed by atoms with Gasteiger partial charge in [0, 0.05) is 25.6 Å². The Labute approximate surface area is 192 Å². The van der Waals surface area contributed by atoms with Gasteiger partial charge in [0.05, 0.1) is 26.1 Å². The molecule has 0 radical (unpaired) electrons. The Bertz CT molecular complexity index is 1080. The van der Waals surface area contributed by atoms with Crippen LogP contribution < -0.4 is 14.2 Å². The van der Waals surface area contributed by atoms with Gasteiger partial charge in [0.25, 0.3) is 0 Å². The molecule has 0 saturated carbocycles. The van der Waals surface area contributed by atoms with Gasteiger partial charge in [0.2, 0.25) is 12.7 Å². The molecule has 0 spiro atoms. The van der Waals surface area contributed by atoms with Crippen molar-refractivity contribution in [2.24, 2.45) is 5.92 Å². The van der Waals surface area contributed by atoms with Crippen molar-refractivity contribution in [1.29, 1.82) is 0 Å². The third-order valence-electron chi connectivity index (χ3n) is 6.26. The highest BCUT2D eigenvalue weighted by atomic mass is 16.7. The Morgan fingerprint density at radius 1 is 1.18 bits per heavy atom. The topological polar surface area (TPSA) is 88.5 Å². The van der Waals surface area contributed by atoms with E-state index in [9.17, 15) is 14.7 Å². The molecule has 0 bridgehead atoms. The summed E-state index contributed by atoms with van der Waals surface area (Å²) in [7, 11) is 3.22. The number of hydrogen-bond acceptors (Lipinski definition) is 6. The van der Waals surface area contributed by atoms with E-state index in [0.717, 1.165) is 11.1 Å². The monoisotopic (exact) mass is 450 g/mol. The van der Waals surface area contributed by atoms with Crippen LogP contribution in [0.15, 0.2) is 42.5 Å². The van der Waals surface area contributed by atoms with E-state index in [4.69, 9.17) is 20.6 Å². The lowest BCUT2D eigenvalue weighted by Crippen LogP contribution is -2.39. The van der Waals surface area contributed by atoms with Crippen LogP contribution in [0, 0.1) is 18.3 Å². The number of amides is 1. The van der Waals surface area contributed by atoms with Gasteiger partial charge in [-0.3, -0.25) is 14.5 Å². The molecule has 1 saturated heterocycles.